The molecule has 1 amide bonds. The first-order valence-electron chi connectivity index (χ1n) is 7.17. The van der Waals surface area contributed by atoms with E-state index < -0.39 is 0 Å². The molecule has 1 aromatic carbocycles. The summed E-state index contributed by atoms with van der Waals surface area (Å²) in [5.74, 6) is 0.646. The summed E-state index contributed by atoms with van der Waals surface area (Å²) < 4.78 is 0. The quantitative estimate of drug-likeness (QED) is 0.868. The molecule has 1 N–H and O–H groups in total. The fourth-order valence-electron chi connectivity index (χ4n) is 3.14. The van der Waals surface area contributed by atoms with E-state index in [0.717, 1.165) is 12.1 Å². The van der Waals surface area contributed by atoms with Gasteiger partial charge in [0.15, 0.2) is 0 Å². The number of carbonyl (C=O) groups excluding carboxylic acids is 1. The summed E-state index contributed by atoms with van der Waals surface area (Å²) in [5, 5.41) is 3.82. The molecule has 0 aromatic heterocycles. The van der Waals surface area contributed by atoms with E-state index in [1.54, 1.807) is 6.08 Å². The third kappa shape index (κ3) is 3.22. The van der Waals surface area contributed by atoms with Crippen LogP contribution in [0, 0.1) is 5.92 Å². The first-order valence-corrected chi connectivity index (χ1v) is 7.55. The van der Waals surface area contributed by atoms with Gasteiger partial charge in [-0.05, 0) is 55.6 Å². The number of benzene rings is 1. The van der Waals surface area contributed by atoms with Gasteiger partial charge in [0.1, 0.15) is 0 Å². The molecule has 1 aromatic rings. The molecule has 2 bridgehead atoms. The van der Waals surface area contributed by atoms with Crippen molar-refractivity contribution in [1.29, 1.82) is 0 Å². The molecule has 4 heteroatoms. The summed E-state index contributed by atoms with van der Waals surface area (Å²) in [6, 6.07) is 7.80. The summed E-state index contributed by atoms with van der Waals surface area (Å²) in [6.45, 7) is 3.38. The molecule has 0 aliphatic carbocycles. The van der Waals surface area contributed by atoms with Gasteiger partial charge in [-0.3, -0.25) is 4.79 Å². The summed E-state index contributed by atoms with van der Waals surface area (Å²) >= 11 is 5.92. The number of hydrogen-bond donors (Lipinski definition) is 1. The molecule has 0 saturated carbocycles. The van der Waals surface area contributed by atoms with Crippen molar-refractivity contribution in [3.63, 3.8) is 0 Å². The van der Waals surface area contributed by atoms with Crippen molar-refractivity contribution in [3.05, 3.63) is 40.9 Å². The Hall–Kier alpha value is -1.32. The predicted molar refractivity (Wildman–Crippen MR) is 81.6 cm³/mol. The highest BCUT2D eigenvalue weighted by Gasteiger charge is 2.34. The maximum Gasteiger partial charge on any atom is 0.244 e. The number of carbonyl (C=O) groups is 1. The van der Waals surface area contributed by atoms with Crippen molar-refractivity contribution in [3.8, 4) is 0 Å². The van der Waals surface area contributed by atoms with Gasteiger partial charge in [0.2, 0.25) is 5.91 Å². The molecule has 0 radical (unpaired) electrons. The summed E-state index contributed by atoms with van der Waals surface area (Å²) in [5.41, 5.74) is 0.946. The minimum absolute atomic E-state index is 0.0104. The molecular weight excluding hydrogens is 272 g/mol. The third-order valence-corrected chi connectivity index (χ3v) is 4.49. The topological polar surface area (TPSA) is 32.3 Å². The molecule has 106 valence electrons. The molecule has 20 heavy (non-hydrogen) atoms. The Labute approximate surface area is 124 Å². The molecule has 3 nitrogen and oxygen atoms in total. The monoisotopic (exact) mass is 290 g/mol. The summed E-state index contributed by atoms with van der Waals surface area (Å²) in [6.07, 6.45) is 5.83. The van der Waals surface area contributed by atoms with Crippen LogP contribution >= 0.6 is 11.6 Å². The van der Waals surface area contributed by atoms with Gasteiger partial charge < -0.3 is 10.2 Å². The van der Waals surface area contributed by atoms with Crippen LogP contribution in [0.2, 0.25) is 5.02 Å². The minimum atomic E-state index is -0.0104. The summed E-state index contributed by atoms with van der Waals surface area (Å²) in [7, 11) is 0. The zero-order chi connectivity index (χ0) is 13.9. The van der Waals surface area contributed by atoms with Crippen molar-refractivity contribution in [2.24, 2.45) is 5.92 Å². The second kappa shape index (κ2) is 5.98. The van der Waals surface area contributed by atoms with E-state index in [9.17, 15) is 4.79 Å². The van der Waals surface area contributed by atoms with Crippen LogP contribution in [0.15, 0.2) is 30.3 Å². The van der Waals surface area contributed by atoms with Crippen LogP contribution in [0.1, 0.15) is 18.4 Å². The van der Waals surface area contributed by atoms with E-state index in [1.165, 1.54) is 25.9 Å². The lowest BCUT2D eigenvalue weighted by atomic mass is 9.84. The van der Waals surface area contributed by atoms with E-state index in [-0.39, 0.29) is 5.91 Å². The average Bonchev–Trinajstić information content (AvgIpc) is 2.46. The number of amides is 1. The first kappa shape index (κ1) is 13.7. The lowest BCUT2D eigenvalue weighted by Crippen LogP contribution is -2.57. The second-order valence-corrected chi connectivity index (χ2v) is 6.08. The van der Waals surface area contributed by atoms with Gasteiger partial charge in [-0.2, -0.15) is 0 Å². The maximum absolute atomic E-state index is 12.0. The molecule has 1 atom stereocenters. The number of nitrogens with zero attached hydrogens (tertiary/aromatic N) is 1. The predicted octanol–water partition coefficient (Wildman–Crippen LogP) is 2.56. The smallest absolute Gasteiger partial charge is 0.244 e. The number of fused-ring (bicyclic) bond motifs is 3. The summed E-state index contributed by atoms with van der Waals surface area (Å²) in [4.78, 5) is 14.4. The highest BCUT2D eigenvalue weighted by atomic mass is 35.5. The Morgan fingerprint density at radius 3 is 2.80 bits per heavy atom. The van der Waals surface area contributed by atoms with E-state index in [4.69, 9.17) is 11.6 Å². The largest absolute Gasteiger partial charge is 0.348 e. The Morgan fingerprint density at radius 2 is 2.15 bits per heavy atom. The van der Waals surface area contributed by atoms with E-state index in [1.807, 2.05) is 30.3 Å². The highest BCUT2D eigenvalue weighted by molar-refractivity contribution is 6.30. The molecule has 3 saturated heterocycles. The van der Waals surface area contributed by atoms with Crippen molar-refractivity contribution < 1.29 is 4.79 Å². The normalized spacial score (nSPS) is 28.8. The van der Waals surface area contributed by atoms with Crippen LogP contribution in [-0.2, 0) is 4.79 Å². The van der Waals surface area contributed by atoms with Crippen LogP contribution in [0.3, 0.4) is 0 Å². The minimum Gasteiger partial charge on any atom is -0.348 e. The zero-order valence-electron chi connectivity index (χ0n) is 11.4. The molecule has 3 heterocycles. The van der Waals surface area contributed by atoms with Crippen LogP contribution < -0.4 is 5.32 Å². The van der Waals surface area contributed by atoms with Gasteiger partial charge in [0.25, 0.3) is 0 Å². The Morgan fingerprint density at radius 1 is 1.35 bits per heavy atom. The Kier molecular flexibility index (Phi) is 4.08. The van der Waals surface area contributed by atoms with Crippen molar-refractivity contribution in [1.82, 2.24) is 10.2 Å². The molecule has 3 fully saturated rings. The average molecular weight is 291 g/mol. The van der Waals surface area contributed by atoms with Crippen LogP contribution in [0.4, 0.5) is 0 Å². The SMILES string of the molecule is O=C(/C=C/c1cccc(Cl)c1)N[C@H]1CN2CCC1CC2. The molecule has 0 spiro atoms. The fraction of sp³-hybridized carbons (Fsp3) is 0.438. The van der Waals surface area contributed by atoms with Crippen molar-refractivity contribution in [2.45, 2.75) is 18.9 Å². The standard InChI is InChI=1S/C16H19ClN2O/c17-14-3-1-2-12(10-14)4-5-16(20)18-15-11-19-8-6-13(15)7-9-19/h1-5,10,13,15H,6-9,11H2,(H,18,20)/b5-4+/t15-/m0/s1. The lowest BCUT2D eigenvalue weighted by molar-refractivity contribution is -0.118. The zero-order valence-corrected chi connectivity index (χ0v) is 12.1. The Balaban J connectivity index is 1.57. The van der Waals surface area contributed by atoms with Crippen LogP contribution in [0.25, 0.3) is 6.08 Å². The highest BCUT2D eigenvalue weighted by Crippen LogP contribution is 2.27. The number of hydrogen-bond acceptors (Lipinski definition) is 2. The number of rotatable bonds is 3. The first-order chi connectivity index (χ1) is 9.70. The van der Waals surface area contributed by atoms with Crippen LogP contribution in [-0.4, -0.2) is 36.5 Å². The van der Waals surface area contributed by atoms with Crippen molar-refractivity contribution >= 4 is 23.6 Å². The van der Waals surface area contributed by atoms with Crippen molar-refractivity contribution in [2.75, 3.05) is 19.6 Å². The third-order valence-electron chi connectivity index (χ3n) is 4.26. The number of nitrogens with one attached hydrogen (secondary N) is 1. The number of piperidine rings is 3. The molecule has 3 aliphatic heterocycles. The fourth-order valence-corrected chi connectivity index (χ4v) is 3.34. The molecule has 0 unspecified atom stereocenters. The lowest BCUT2D eigenvalue weighted by Gasteiger charge is -2.44. The van der Waals surface area contributed by atoms with E-state index >= 15 is 0 Å². The molecular formula is C16H19ClN2O. The van der Waals surface area contributed by atoms with Gasteiger partial charge in [0.05, 0.1) is 0 Å². The van der Waals surface area contributed by atoms with E-state index in [2.05, 4.69) is 10.2 Å². The maximum atomic E-state index is 12.0. The molecule has 4 rings (SSSR count). The van der Waals surface area contributed by atoms with Gasteiger partial charge in [-0.1, -0.05) is 23.7 Å². The second-order valence-electron chi connectivity index (χ2n) is 5.64. The molecule has 3 aliphatic rings. The van der Waals surface area contributed by atoms with Gasteiger partial charge in [-0.25, -0.2) is 0 Å². The van der Waals surface area contributed by atoms with Gasteiger partial charge in [-0.15, -0.1) is 0 Å². The van der Waals surface area contributed by atoms with Crippen LogP contribution in [0.5, 0.6) is 0 Å². The van der Waals surface area contributed by atoms with Gasteiger partial charge in [0, 0.05) is 23.7 Å². The number of halogens is 1. The van der Waals surface area contributed by atoms with E-state index in [0.29, 0.717) is 17.0 Å². The Bertz CT molecular complexity index is 521. The van der Waals surface area contributed by atoms with Gasteiger partial charge >= 0.3 is 0 Å².